The van der Waals surface area contributed by atoms with E-state index in [-0.39, 0.29) is 12.1 Å². The maximum Gasteiger partial charge on any atom is 0.253 e. The predicted molar refractivity (Wildman–Crippen MR) is 63.5 cm³/mol. The fourth-order valence-corrected chi connectivity index (χ4v) is 1.62. The summed E-state index contributed by atoms with van der Waals surface area (Å²) in [7, 11) is 0. The van der Waals surface area contributed by atoms with E-state index in [1.807, 2.05) is 6.07 Å². The van der Waals surface area contributed by atoms with Crippen molar-refractivity contribution in [3.63, 3.8) is 0 Å². The summed E-state index contributed by atoms with van der Waals surface area (Å²) in [5, 5.41) is 8.93. The van der Waals surface area contributed by atoms with Crippen LogP contribution in [0.4, 0.5) is 4.39 Å². The Morgan fingerprint density at radius 1 is 1.44 bits per heavy atom. The van der Waals surface area contributed by atoms with Crippen LogP contribution in [0.2, 0.25) is 0 Å². The highest BCUT2D eigenvalue weighted by Gasteiger charge is 2.06. The van der Waals surface area contributed by atoms with E-state index in [2.05, 4.69) is 4.98 Å². The summed E-state index contributed by atoms with van der Waals surface area (Å²) in [6, 6.07) is 7.24. The Balaban J connectivity index is 2.43. The fourth-order valence-electron chi connectivity index (χ4n) is 1.62. The van der Waals surface area contributed by atoms with Gasteiger partial charge in [-0.2, -0.15) is 5.26 Å². The predicted octanol–water partition coefficient (Wildman–Crippen LogP) is 1.61. The highest BCUT2D eigenvalue weighted by atomic mass is 19.1. The zero-order valence-corrected chi connectivity index (χ0v) is 9.72. The Kier molecular flexibility index (Phi) is 3.20. The monoisotopic (exact) mass is 243 g/mol. The quantitative estimate of drug-likeness (QED) is 0.805. The molecule has 4 nitrogen and oxygen atoms in total. The molecular formula is C13H10FN3O. The number of nitriles is 1. The maximum absolute atomic E-state index is 13.1. The van der Waals surface area contributed by atoms with Crippen LogP contribution in [0.15, 0.2) is 35.4 Å². The van der Waals surface area contributed by atoms with Crippen molar-refractivity contribution in [2.75, 3.05) is 0 Å². The number of rotatable bonds is 2. The van der Waals surface area contributed by atoms with E-state index in [4.69, 9.17) is 5.26 Å². The van der Waals surface area contributed by atoms with Crippen molar-refractivity contribution < 1.29 is 4.39 Å². The van der Waals surface area contributed by atoms with Crippen molar-refractivity contribution in [3.05, 3.63) is 63.6 Å². The lowest BCUT2D eigenvalue weighted by Gasteiger charge is -2.07. The van der Waals surface area contributed by atoms with Crippen molar-refractivity contribution in [3.8, 4) is 6.07 Å². The van der Waals surface area contributed by atoms with Crippen LogP contribution in [-0.2, 0) is 6.54 Å². The molecule has 0 fully saturated rings. The van der Waals surface area contributed by atoms with E-state index < -0.39 is 5.82 Å². The van der Waals surface area contributed by atoms with Gasteiger partial charge in [0.1, 0.15) is 5.82 Å². The van der Waals surface area contributed by atoms with Gasteiger partial charge in [-0.3, -0.25) is 9.36 Å². The Hall–Kier alpha value is -2.48. The highest BCUT2D eigenvalue weighted by molar-refractivity contribution is 5.37. The molecule has 0 N–H and O–H groups in total. The first-order valence-electron chi connectivity index (χ1n) is 5.32. The Labute approximate surface area is 103 Å². The average molecular weight is 243 g/mol. The van der Waals surface area contributed by atoms with E-state index in [9.17, 15) is 9.18 Å². The molecule has 0 aliphatic carbocycles. The SMILES string of the molecule is Cc1cc(=O)n(Cc2cc(F)ccc2C#N)cn1. The van der Waals surface area contributed by atoms with Crippen LogP contribution in [-0.4, -0.2) is 9.55 Å². The lowest BCUT2D eigenvalue weighted by atomic mass is 10.1. The van der Waals surface area contributed by atoms with Gasteiger partial charge in [-0.1, -0.05) is 0 Å². The van der Waals surface area contributed by atoms with Gasteiger partial charge in [0.05, 0.1) is 24.5 Å². The Bertz CT molecular complexity index is 685. The minimum absolute atomic E-state index is 0.132. The van der Waals surface area contributed by atoms with Crippen molar-refractivity contribution in [1.82, 2.24) is 9.55 Å². The number of aromatic nitrogens is 2. The maximum atomic E-state index is 13.1. The molecule has 90 valence electrons. The zero-order valence-electron chi connectivity index (χ0n) is 9.72. The number of hydrogen-bond donors (Lipinski definition) is 0. The molecule has 2 aromatic rings. The molecule has 0 aliphatic heterocycles. The molecule has 1 aromatic heterocycles. The van der Waals surface area contributed by atoms with Crippen LogP contribution in [0.1, 0.15) is 16.8 Å². The van der Waals surface area contributed by atoms with Gasteiger partial charge in [-0.05, 0) is 30.7 Å². The summed E-state index contributed by atoms with van der Waals surface area (Å²) in [4.78, 5) is 15.7. The fraction of sp³-hybridized carbons (Fsp3) is 0.154. The van der Waals surface area contributed by atoms with Gasteiger partial charge in [0.25, 0.3) is 5.56 Å². The van der Waals surface area contributed by atoms with Crippen LogP contribution >= 0.6 is 0 Å². The number of halogens is 1. The van der Waals surface area contributed by atoms with E-state index in [0.29, 0.717) is 16.8 Å². The normalized spacial score (nSPS) is 10.1. The van der Waals surface area contributed by atoms with Crippen molar-refractivity contribution in [1.29, 1.82) is 5.26 Å². The van der Waals surface area contributed by atoms with E-state index in [1.54, 1.807) is 6.92 Å². The van der Waals surface area contributed by atoms with Crippen molar-refractivity contribution in [2.45, 2.75) is 13.5 Å². The zero-order chi connectivity index (χ0) is 13.1. The molecule has 1 heterocycles. The molecule has 0 saturated carbocycles. The molecule has 0 atom stereocenters. The molecule has 18 heavy (non-hydrogen) atoms. The molecule has 0 aliphatic rings. The van der Waals surface area contributed by atoms with Gasteiger partial charge in [0.2, 0.25) is 0 Å². The van der Waals surface area contributed by atoms with Gasteiger partial charge in [-0.15, -0.1) is 0 Å². The summed E-state index contributed by atoms with van der Waals surface area (Å²) < 4.78 is 14.5. The molecule has 0 bridgehead atoms. The molecule has 0 amide bonds. The minimum atomic E-state index is -0.433. The van der Waals surface area contributed by atoms with E-state index in [1.165, 1.54) is 35.2 Å². The first kappa shape index (κ1) is 12.0. The van der Waals surface area contributed by atoms with Crippen LogP contribution in [0.5, 0.6) is 0 Å². The first-order chi connectivity index (χ1) is 8.60. The summed E-state index contributed by atoms with van der Waals surface area (Å²) in [6.45, 7) is 1.85. The second-order valence-electron chi connectivity index (χ2n) is 3.91. The molecule has 0 saturated heterocycles. The average Bonchev–Trinajstić information content (AvgIpc) is 2.33. The molecule has 0 spiro atoms. The Morgan fingerprint density at radius 3 is 2.89 bits per heavy atom. The number of nitrogens with zero attached hydrogens (tertiary/aromatic N) is 3. The summed E-state index contributed by atoms with van der Waals surface area (Å²) in [6.07, 6.45) is 1.39. The van der Waals surface area contributed by atoms with Gasteiger partial charge in [0, 0.05) is 11.8 Å². The lowest BCUT2D eigenvalue weighted by Crippen LogP contribution is -2.21. The topological polar surface area (TPSA) is 58.7 Å². The molecule has 2 rings (SSSR count). The summed E-state index contributed by atoms with van der Waals surface area (Å²) in [5.74, 6) is -0.433. The molecule has 1 aromatic carbocycles. The van der Waals surface area contributed by atoms with Gasteiger partial charge in [-0.25, -0.2) is 9.37 Å². The third-order valence-electron chi connectivity index (χ3n) is 2.54. The number of aryl methyl sites for hydroxylation is 1. The third kappa shape index (κ3) is 2.43. The van der Waals surface area contributed by atoms with Gasteiger partial charge >= 0.3 is 0 Å². The molecular weight excluding hydrogens is 233 g/mol. The standard InChI is InChI=1S/C13H10FN3O/c1-9-4-13(18)17(8-16-9)7-11-5-12(14)3-2-10(11)6-15/h2-5,8H,7H2,1H3. The summed E-state index contributed by atoms with van der Waals surface area (Å²) >= 11 is 0. The van der Waals surface area contributed by atoms with E-state index in [0.717, 1.165) is 0 Å². The van der Waals surface area contributed by atoms with Crippen molar-refractivity contribution in [2.24, 2.45) is 0 Å². The third-order valence-corrected chi connectivity index (χ3v) is 2.54. The first-order valence-corrected chi connectivity index (χ1v) is 5.32. The number of benzene rings is 1. The minimum Gasteiger partial charge on any atom is -0.295 e. The van der Waals surface area contributed by atoms with Crippen LogP contribution in [0, 0.1) is 24.1 Å². The van der Waals surface area contributed by atoms with Crippen LogP contribution in [0.3, 0.4) is 0 Å². The highest BCUT2D eigenvalue weighted by Crippen LogP contribution is 2.11. The lowest BCUT2D eigenvalue weighted by molar-refractivity contribution is 0.621. The molecule has 0 unspecified atom stereocenters. The van der Waals surface area contributed by atoms with Crippen LogP contribution < -0.4 is 5.56 Å². The Morgan fingerprint density at radius 2 is 2.22 bits per heavy atom. The largest absolute Gasteiger partial charge is 0.295 e. The number of hydrogen-bond acceptors (Lipinski definition) is 3. The second-order valence-corrected chi connectivity index (χ2v) is 3.91. The van der Waals surface area contributed by atoms with Crippen LogP contribution in [0.25, 0.3) is 0 Å². The molecule has 5 heteroatoms. The summed E-state index contributed by atoms with van der Waals surface area (Å²) in [5.41, 5.74) is 1.21. The molecule has 0 radical (unpaired) electrons. The van der Waals surface area contributed by atoms with Gasteiger partial charge < -0.3 is 0 Å². The second kappa shape index (κ2) is 4.80. The smallest absolute Gasteiger partial charge is 0.253 e. The van der Waals surface area contributed by atoms with Gasteiger partial charge in [0.15, 0.2) is 0 Å². The van der Waals surface area contributed by atoms with Crippen molar-refractivity contribution >= 4 is 0 Å². The van der Waals surface area contributed by atoms with E-state index >= 15 is 0 Å².